The summed E-state index contributed by atoms with van der Waals surface area (Å²) in [5.41, 5.74) is 1.82. The van der Waals surface area contributed by atoms with Gasteiger partial charge in [0.2, 0.25) is 10.0 Å². The predicted octanol–water partition coefficient (Wildman–Crippen LogP) is 3.76. The quantitative estimate of drug-likeness (QED) is 0.636. The molecule has 2 heterocycles. The Labute approximate surface area is 172 Å². The van der Waals surface area contributed by atoms with Crippen molar-refractivity contribution in [3.63, 3.8) is 0 Å². The minimum Gasteiger partial charge on any atom is -0.486 e. The monoisotopic (exact) mass is 436 g/mol. The van der Waals surface area contributed by atoms with Crippen molar-refractivity contribution in [2.75, 3.05) is 19.8 Å². The van der Waals surface area contributed by atoms with Crippen LogP contribution in [0.3, 0.4) is 0 Å². The van der Waals surface area contributed by atoms with Crippen molar-refractivity contribution in [1.29, 1.82) is 0 Å². The van der Waals surface area contributed by atoms with Gasteiger partial charge in [-0.3, -0.25) is 0 Å². The summed E-state index contributed by atoms with van der Waals surface area (Å²) < 4.78 is 38.5. The molecule has 0 aliphatic carbocycles. The average molecular weight is 437 g/mol. The molecule has 0 spiro atoms. The van der Waals surface area contributed by atoms with Gasteiger partial charge in [0.15, 0.2) is 11.5 Å². The number of nitrogens with zero attached hydrogens (tertiary/aromatic N) is 1. The van der Waals surface area contributed by atoms with Gasteiger partial charge in [-0.2, -0.15) is 0 Å². The van der Waals surface area contributed by atoms with E-state index in [2.05, 4.69) is 9.71 Å². The summed E-state index contributed by atoms with van der Waals surface area (Å²) in [6.07, 6.45) is 0.494. The van der Waals surface area contributed by atoms with Gasteiger partial charge in [0.1, 0.15) is 18.2 Å². The third-order valence-corrected chi connectivity index (χ3v) is 6.79. The Kier molecular flexibility index (Phi) is 5.54. The van der Waals surface area contributed by atoms with Gasteiger partial charge in [0.05, 0.1) is 10.6 Å². The number of fused-ring (bicyclic) bond motifs is 1. The van der Waals surface area contributed by atoms with Gasteiger partial charge in [-0.25, -0.2) is 18.1 Å². The van der Waals surface area contributed by atoms with Gasteiger partial charge >= 0.3 is 0 Å². The van der Waals surface area contributed by atoms with Gasteiger partial charge in [-0.05, 0) is 24.3 Å². The molecule has 0 saturated heterocycles. The summed E-state index contributed by atoms with van der Waals surface area (Å²) in [6, 6.07) is 12.1. The molecule has 146 valence electrons. The maximum atomic E-state index is 12.5. The van der Waals surface area contributed by atoms with E-state index < -0.39 is 10.0 Å². The minimum atomic E-state index is -3.64. The second-order valence-electron chi connectivity index (χ2n) is 6.10. The smallest absolute Gasteiger partial charge is 0.240 e. The van der Waals surface area contributed by atoms with Crippen molar-refractivity contribution < 1.29 is 17.9 Å². The number of hydrogen-bond acceptors (Lipinski definition) is 6. The predicted molar refractivity (Wildman–Crippen MR) is 109 cm³/mol. The van der Waals surface area contributed by atoms with Gasteiger partial charge in [-0.1, -0.05) is 23.7 Å². The Morgan fingerprint density at radius 3 is 2.61 bits per heavy atom. The first-order valence-electron chi connectivity index (χ1n) is 8.61. The molecule has 1 N–H and O–H groups in total. The van der Waals surface area contributed by atoms with E-state index in [0.29, 0.717) is 36.2 Å². The lowest BCUT2D eigenvalue weighted by Crippen LogP contribution is -2.26. The van der Waals surface area contributed by atoms with Crippen LogP contribution in [0.5, 0.6) is 11.5 Å². The summed E-state index contributed by atoms with van der Waals surface area (Å²) in [4.78, 5) is 4.71. The number of halogens is 1. The highest BCUT2D eigenvalue weighted by Crippen LogP contribution is 2.32. The van der Waals surface area contributed by atoms with Crippen molar-refractivity contribution in [3.05, 3.63) is 58.6 Å². The van der Waals surface area contributed by atoms with Crippen LogP contribution in [0.1, 0.15) is 5.69 Å². The van der Waals surface area contributed by atoms with Gasteiger partial charge in [0, 0.05) is 35.0 Å². The van der Waals surface area contributed by atoms with E-state index >= 15 is 0 Å². The van der Waals surface area contributed by atoms with E-state index in [1.807, 2.05) is 29.6 Å². The lowest BCUT2D eigenvalue weighted by Gasteiger charge is -2.18. The zero-order chi connectivity index (χ0) is 19.6. The minimum absolute atomic E-state index is 0.150. The van der Waals surface area contributed by atoms with Crippen molar-refractivity contribution in [2.45, 2.75) is 11.3 Å². The molecule has 0 radical (unpaired) electrons. The van der Waals surface area contributed by atoms with Gasteiger partial charge in [0.25, 0.3) is 0 Å². The van der Waals surface area contributed by atoms with E-state index in [1.54, 1.807) is 6.07 Å². The van der Waals surface area contributed by atoms with Crippen LogP contribution in [0.25, 0.3) is 10.6 Å². The average Bonchev–Trinajstić information content (AvgIpc) is 3.17. The van der Waals surface area contributed by atoms with Crippen molar-refractivity contribution in [2.24, 2.45) is 0 Å². The first-order valence-corrected chi connectivity index (χ1v) is 11.3. The Hall–Kier alpha value is -2.13. The fraction of sp³-hybridized carbons (Fsp3) is 0.211. The molecule has 28 heavy (non-hydrogen) atoms. The summed E-state index contributed by atoms with van der Waals surface area (Å²) in [5.74, 6) is 1.00. The lowest BCUT2D eigenvalue weighted by atomic mass is 10.2. The van der Waals surface area contributed by atoms with E-state index in [9.17, 15) is 8.42 Å². The van der Waals surface area contributed by atoms with Crippen LogP contribution >= 0.6 is 22.9 Å². The first-order chi connectivity index (χ1) is 13.5. The van der Waals surface area contributed by atoms with Crippen LogP contribution in [0.2, 0.25) is 5.02 Å². The number of sulfonamides is 1. The second kappa shape index (κ2) is 8.08. The Morgan fingerprint density at radius 1 is 1.07 bits per heavy atom. The maximum absolute atomic E-state index is 12.5. The number of ether oxygens (including phenoxy) is 2. The molecule has 6 nitrogen and oxygen atoms in total. The Balaban J connectivity index is 1.39. The molecule has 1 aromatic heterocycles. The molecule has 0 bridgehead atoms. The van der Waals surface area contributed by atoms with E-state index in [0.717, 1.165) is 16.3 Å². The summed E-state index contributed by atoms with van der Waals surface area (Å²) in [7, 11) is -3.64. The van der Waals surface area contributed by atoms with Crippen molar-refractivity contribution >= 4 is 33.0 Å². The molecule has 0 fully saturated rings. The molecule has 0 atom stereocenters. The first kappa shape index (κ1) is 19.2. The fourth-order valence-electron chi connectivity index (χ4n) is 2.73. The fourth-order valence-corrected chi connectivity index (χ4v) is 4.77. The standard InChI is InChI=1S/C19H17ClN2O4S2/c20-14-3-1-13(2-4-14)19-22-15(12-27-19)7-8-21-28(23,24)16-5-6-17-18(11-16)26-10-9-25-17/h1-6,11-12,21H,7-10H2. The summed E-state index contributed by atoms with van der Waals surface area (Å²) in [5, 5.41) is 3.48. The number of rotatable bonds is 6. The molecule has 9 heteroatoms. The van der Waals surface area contributed by atoms with Crippen molar-refractivity contribution in [3.8, 4) is 22.1 Å². The number of thiazole rings is 1. The highest BCUT2D eigenvalue weighted by Gasteiger charge is 2.19. The van der Waals surface area contributed by atoms with Crippen LogP contribution in [0.15, 0.2) is 52.7 Å². The number of benzene rings is 2. The number of hydrogen-bond donors (Lipinski definition) is 1. The zero-order valence-electron chi connectivity index (χ0n) is 14.7. The normalized spacial score (nSPS) is 13.5. The molecule has 3 aromatic rings. The van der Waals surface area contributed by atoms with Crippen LogP contribution in [-0.2, 0) is 16.4 Å². The lowest BCUT2D eigenvalue weighted by molar-refractivity contribution is 0.171. The molecule has 1 aliphatic heterocycles. The SMILES string of the molecule is O=S(=O)(NCCc1csc(-c2ccc(Cl)cc2)n1)c1ccc2c(c1)OCCO2. The molecule has 2 aromatic carbocycles. The molecular weight excluding hydrogens is 420 g/mol. The van der Waals surface area contributed by atoms with Crippen molar-refractivity contribution in [1.82, 2.24) is 9.71 Å². The second-order valence-corrected chi connectivity index (χ2v) is 9.17. The molecule has 0 amide bonds. The van der Waals surface area contributed by atoms with Crippen LogP contribution in [0.4, 0.5) is 0 Å². The molecule has 0 saturated carbocycles. The number of aromatic nitrogens is 1. The Bertz CT molecular complexity index is 1080. The third kappa shape index (κ3) is 4.30. The summed E-state index contributed by atoms with van der Waals surface area (Å²) in [6.45, 7) is 1.12. The molecule has 0 unspecified atom stereocenters. The van der Waals surface area contributed by atoms with Gasteiger partial charge in [-0.15, -0.1) is 11.3 Å². The van der Waals surface area contributed by atoms with E-state index in [4.69, 9.17) is 21.1 Å². The van der Waals surface area contributed by atoms with Crippen LogP contribution < -0.4 is 14.2 Å². The van der Waals surface area contributed by atoms with Gasteiger partial charge < -0.3 is 9.47 Å². The largest absolute Gasteiger partial charge is 0.486 e. The summed E-state index contributed by atoms with van der Waals surface area (Å²) >= 11 is 7.42. The van der Waals surface area contributed by atoms with E-state index in [1.165, 1.54) is 23.5 Å². The topological polar surface area (TPSA) is 77.5 Å². The van der Waals surface area contributed by atoms with Crippen LogP contribution in [0, 0.1) is 0 Å². The zero-order valence-corrected chi connectivity index (χ0v) is 17.1. The van der Waals surface area contributed by atoms with Crippen LogP contribution in [-0.4, -0.2) is 33.2 Å². The molecule has 4 rings (SSSR count). The molecular formula is C19H17ClN2O4S2. The number of nitrogens with one attached hydrogen (secondary N) is 1. The van der Waals surface area contributed by atoms with E-state index in [-0.39, 0.29) is 11.4 Å². The highest BCUT2D eigenvalue weighted by atomic mass is 35.5. The Morgan fingerprint density at radius 2 is 1.82 bits per heavy atom. The highest BCUT2D eigenvalue weighted by molar-refractivity contribution is 7.89. The third-order valence-electron chi connectivity index (χ3n) is 4.14. The molecule has 1 aliphatic rings. The maximum Gasteiger partial charge on any atom is 0.240 e.